The van der Waals surface area contributed by atoms with Gasteiger partial charge in [0, 0.05) is 16.6 Å². The molecular weight excluding hydrogens is 500 g/mol. The summed E-state index contributed by atoms with van der Waals surface area (Å²) in [6.07, 6.45) is 1.05. The number of hydrogen-bond acceptors (Lipinski definition) is 7. The first-order valence-electron chi connectivity index (χ1n) is 11.0. The maximum atomic E-state index is 13.5. The van der Waals surface area contributed by atoms with Crippen LogP contribution in [0, 0.1) is 5.82 Å². The van der Waals surface area contributed by atoms with Gasteiger partial charge in [-0.05, 0) is 49.6 Å². The van der Waals surface area contributed by atoms with Crippen molar-refractivity contribution in [3.63, 3.8) is 0 Å². The van der Waals surface area contributed by atoms with E-state index in [9.17, 15) is 14.0 Å². The smallest absolute Gasteiger partial charge is 0.261 e. The van der Waals surface area contributed by atoms with Crippen molar-refractivity contribution in [3.05, 3.63) is 69.6 Å². The summed E-state index contributed by atoms with van der Waals surface area (Å²) in [7, 11) is 0. The van der Waals surface area contributed by atoms with E-state index in [2.05, 4.69) is 15.5 Å². The van der Waals surface area contributed by atoms with E-state index in [4.69, 9.17) is 37.1 Å². The van der Waals surface area contributed by atoms with Gasteiger partial charge in [0.1, 0.15) is 17.3 Å². The average Bonchev–Trinajstić information content (AvgIpc) is 3.25. The summed E-state index contributed by atoms with van der Waals surface area (Å²) in [6.45, 7) is -0.00817. The second kappa shape index (κ2) is 7.93. The molecule has 11 heteroatoms. The predicted octanol–water partition coefficient (Wildman–Crippen LogP) is 4.42. The number of carbonyl (C=O) groups excluding carboxylic acids is 2. The van der Waals surface area contributed by atoms with Crippen LogP contribution in [0.1, 0.15) is 47.8 Å². The number of carbonyl (C=O) groups is 2. The second-order valence-corrected chi connectivity index (χ2v) is 10.2. The van der Waals surface area contributed by atoms with Crippen LogP contribution in [-0.2, 0) is 16.8 Å². The van der Waals surface area contributed by atoms with E-state index in [1.807, 2.05) is 0 Å². The highest BCUT2D eigenvalue weighted by atomic mass is 35.5. The Morgan fingerprint density at radius 3 is 2.74 bits per heavy atom. The summed E-state index contributed by atoms with van der Waals surface area (Å²) >= 11 is 11.6. The SMILES string of the molecule is O=C1C[C@H](C(=O)NC23CC(c4nnc(COc5ccc(Cl)c(F)c5)o4)(C2)C3)Oc2ccc(Cl)cc21. The maximum absolute atomic E-state index is 13.5. The first-order valence-corrected chi connectivity index (χ1v) is 11.7. The van der Waals surface area contributed by atoms with Gasteiger partial charge in [-0.3, -0.25) is 9.59 Å². The van der Waals surface area contributed by atoms with E-state index in [1.165, 1.54) is 12.1 Å². The highest BCUT2D eigenvalue weighted by Crippen LogP contribution is 2.67. The Labute approximate surface area is 208 Å². The Morgan fingerprint density at radius 1 is 1.17 bits per heavy atom. The number of ether oxygens (including phenoxy) is 2. The molecule has 2 aromatic carbocycles. The number of fused-ring (bicyclic) bond motifs is 1. The number of nitrogens with one attached hydrogen (secondary N) is 1. The van der Waals surface area contributed by atoms with Crippen molar-refractivity contribution in [2.45, 2.75) is 49.3 Å². The quantitative estimate of drug-likeness (QED) is 0.516. The van der Waals surface area contributed by atoms with Crippen LogP contribution in [0.3, 0.4) is 0 Å². The Balaban J connectivity index is 1.04. The summed E-state index contributed by atoms with van der Waals surface area (Å²) in [4.78, 5) is 25.3. The standard InChI is InChI=1S/C24H18Cl2FN3O5/c25-12-1-4-18-14(5-12)17(31)7-19(34-18)21(32)28-24-9-23(10-24,11-24)22-30-29-20(35-22)8-33-13-2-3-15(26)16(27)6-13/h1-6,19H,7-11H2,(H,28,32)/t19-,23?,24?/m1/s1. The minimum Gasteiger partial charge on any atom is -0.484 e. The fourth-order valence-electron chi connectivity index (χ4n) is 5.17. The van der Waals surface area contributed by atoms with Gasteiger partial charge >= 0.3 is 0 Å². The van der Waals surface area contributed by atoms with E-state index in [1.54, 1.807) is 24.3 Å². The second-order valence-electron chi connectivity index (χ2n) is 9.32. The molecule has 1 aliphatic heterocycles. The molecule has 8 nitrogen and oxygen atoms in total. The van der Waals surface area contributed by atoms with Crippen molar-refractivity contribution in [3.8, 4) is 11.5 Å². The van der Waals surface area contributed by atoms with Crippen molar-refractivity contribution >= 4 is 34.9 Å². The number of Topliss-reactive ketones (excluding diaryl/α,β-unsaturated/α-hetero) is 1. The van der Waals surface area contributed by atoms with Crippen molar-refractivity contribution in [2.75, 3.05) is 0 Å². The van der Waals surface area contributed by atoms with E-state index < -0.39 is 11.9 Å². The van der Waals surface area contributed by atoms with Gasteiger partial charge in [0.25, 0.3) is 11.8 Å². The molecule has 1 amide bonds. The molecule has 3 aromatic rings. The molecule has 3 aliphatic carbocycles. The minimum atomic E-state index is -0.883. The highest BCUT2D eigenvalue weighted by molar-refractivity contribution is 6.31. The molecule has 0 unspecified atom stereocenters. The number of aromatic nitrogens is 2. The molecule has 2 bridgehead atoms. The van der Waals surface area contributed by atoms with E-state index in [-0.39, 0.29) is 46.6 Å². The van der Waals surface area contributed by atoms with E-state index >= 15 is 0 Å². The molecule has 0 saturated heterocycles. The number of rotatable bonds is 6. The molecule has 7 rings (SSSR count). The lowest BCUT2D eigenvalue weighted by Gasteiger charge is -2.68. The molecule has 3 fully saturated rings. The van der Waals surface area contributed by atoms with Crippen LogP contribution in [0.15, 0.2) is 40.8 Å². The third-order valence-electron chi connectivity index (χ3n) is 6.77. The molecule has 0 spiro atoms. The Bertz CT molecular complexity index is 1360. The lowest BCUT2D eigenvalue weighted by molar-refractivity contribution is -0.148. The third-order valence-corrected chi connectivity index (χ3v) is 7.31. The molecule has 180 valence electrons. The normalized spacial score (nSPS) is 26.1. The highest BCUT2D eigenvalue weighted by Gasteiger charge is 2.72. The molecule has 2 heterocycles. The zero-order chi connectivity index (χ0) is 24.4. The first kappa shape index (κ1) is 22.3. The van der Waals surface area contributed by atoms with Gasteiger partial charge < -0.3 is 19.2 Å². The Kier molecular flexibility index (Phi) is 5.05. The zero-order valence-corrected chi connectivity index (χ0v) is 19.7. The summed E-state index contributed by atoms with van der Waals surface area (Å²) in [5.74, 6) is 0.352. The minimum absolute atomic E-state index is 0.00817. The molecule has 3 saturated carbocycles. The molecule has 0 radical (unpaired) electrons. The average molecular weight is 518 g/mol. The lowest BCUT2D eigenvalue weighted by Crippen LogP contribution is -2.77. The van der Waals surface area contributed by atoms with Crippen LogP contribution in [0.4, 0.5) is 4.39 Å². The summed E-state index contributed by atoms with van der Waals surface area (Å²) in [5.41, 5.74) is -0.254. The number of amides is 1. The molecular formula is C24H18Cl2FN3O5. The third kappa shape index (κ3) is 3.83. The monoisotopic (exact) mass is 517 g/mol. The summed E-state index contributed by atoms with van der Waals surface area (Å²) < 4.78 is 30.6. The molecule has 1 aromatic heterocycles. The van der Waals surface area contributed by atoms with Gasteiger partial charge in [0.15, 0.2) is 18.5 Å². The van der Waals surface area contributed by atoms with Gasteiger partial charge in [-0.15, -0.1) is 10.2 Å². The topological polar surface area (TPSA) is 104 Å². The fraction of sp³-hybridized carbons (Fsp3) is 0.333. The summed E-state index contributed by atoms with van der Waals surface area (Å²) in [5, 5.41) is 11.7. The Hall–Kier alpha value is -3.17. The van der Waals surface area contributed by atoms with Crippen LogP contribution in [0.5, 0.6) is 11.5 Å². The molecule has 35 heavy (non-hydrogen) atoms. The first-order chi connectivity index (χ1) is 16.7. The predicted molar refractivity (Wildman–Crippen MR) is 121 cm³/mol. The maximum Gasteiger partial charge on any atom is 0.261 e. The number of nitrogens with zero attached hydrogens (tertiary/aromatic N) is 2. The van der Waals surface area contributed by atoms with Gasteiger partial charge in [-0.2, -0.15) is 0 Å². The summed E-state index contributed by atoms with van der Waals surface area (Å²) in [6, 6.07) is 8.92. The van der Waals surface area contributed by atoms with Gasteiger partial charge in [-0.1, -0.05) is 23.2 Å². The van der Waals surface area contributed by atoms with Crippen molar-refractivity contribution < 1.29 is 27.9 Å². The molecule has 4 aliphatic rings. The van der Waals surface area contributed by atoms with E-state index in [0.29, 0.717) is 47.2 Å². The molecule has 1 N–H and O–H groups in total. The number of hydrogen-bond donors (Lipinski definition) is 1. The fourth-order valence-corrected chi connectivity index (χ4v) is 5.46. The van der Waals surface area contributed by atoms with Gasteiger partial charge in [-0.25, -0.2) is 4.39 Å². The van der Waals surface area contributed by atoms with Crippen molar-refractivity contribution in [2.24, 2.45) is 0 Å². The number of halogens is 3. The number of benzene rings is 2. The van der Waals surface area contributed by atoms with Gasteiger partial charge in [0.05, 0.1) is 22.4 Å². The van der Waals surface area contributed by atoms with Crippen LogP contribution < -0.4 is 14.8 Å². The van der Waals surface area contributed by atoms with Crippen LogP contribution in [-0.4, -0.2) is 33.5 Å². The lowest BCUT2D eigenvalue weighted by atomic mass is 9.39. The Morgan fingerprint density at radius 2 is 1.97 bits per heavy atom. The van der Waals surface area contributed by atoms with Crippen LogP contribution in [0.2, 0.25) is 10.0 Å². The number of ketones is 1. The van der Waals surface area contributed by atoms with E-state index in [0.717, 1.165) is 0 Å². The largest absolute Gasteiger partial charge is 0.484 e. The zero-order valence-electron chi connectivity index (χ0n) is 18.1. The molecule has 1 atom stereocenters. The van der Waals surface area contributed by atoms with Crippen molar-refractivity contribution in [1.82, 2.24) is 15.5 Å². The van der Waals surface area contributed by atoms with Gasteiger partial charge in [0.2, 0.25) is 5.89 Å². The van der Waals surface area contributed by atoms with Crippen molar-refractivity contribution in [1.29, 1.82) is 0 Å². The van der Waals surface area contributed by atoms with Crippen LogP contribution >= 0.6 is 23.2 Å². The van der Waals surface area contributed by atoms with Crippen LogP contribution in [0.25, 0.3) is 0 Å².